The number of methoxy groups -OCH3 is 1. The lowest BCUT2D eigenvalue weighted by molar-refractivity contribution is 0.101. The molecule has 2 heterocycles. The first kappa shape index (κ1) is 19.1. The summed E-state index contributed by atoms with van der Waals surface area (Å²) in [6, 6.07) is 11.5. The molecule has 1 aliphatic heterocycles. The molecular weight excluding hydrogens is 368 g/mol. The first-order valence-corrected chi connectivity index (χ1v) is 9.47. The van der Waals surface area contributed by atoms with Crippen LogP contribution in [-0.2, 0) is 6.54 Å². The quantitative estimate of drug-likeness (QED) is 0.649. The van der Waals surface area contributed by atoms with Crippen LogP contribution >= 0.6 is 0 Å². The normalized spacial score (nSPS) is 14.6. The van der Waals surface area contributed by atoms with Gasteiger partial charge in [-0.3, -0.25) is 4.79 Å². The number of benzene rings is 2. The maximum absolute atomic E-state index is 12.7. The predicted octanol–water partition coefficient (Wildman–Crippen LogP) is 3.72. The molecule has 0 bridgehead atoms. The van der Waals surface area contributed by atoms with Crippen molar-refractivity contribution in [2.24, 2.45) is 0 Å². The third-order valence-electron chi connectivity index (χ3n) is 4.97. The van der Waals surface area contributed by atoms with Crippen LogP contribution in [0.3, 0.4) is 0 Å². The van der Waals surface area contributed by atoms with E-state index in [0.29, 0.717) is 11.3 Å². The summed E-state index contributed by atoms with van der Waals surface area (Å²) < 4.78 is 13.3. The number of Topliss-reactive ketones (excluding diaryl/α,β-unsaturated/α-hetero) is 1. The second-order valence-corrected chi connectivity index (χ2v) is 7.35. The lowest BCUT2D eigenvalue weighted by Gasteiger charge is -2.10. The van der Waals surface area contributed by atoms with Gasteiger partial charge in [-0.25, -0.2) is 0 Å². The Balaban J connectivity index is 1.73. The van der Waals surface area contributed by atoms with Gasteiger partial charge in [0.1, 0.15) is 17.2 Å². The van der Waals surface area contributed by atoms with Gasteiger partial charge in [-0.1, -0.05) is 0 Å². The van der Waals surface area contributed by atoms with Crippen molar-refractivity contribution in [1.82, 2.24) is 9.47 Å². The summed E-state index contributed by atoms with van der Waals surface area (Å²) in [5.41, 5.74) is 2.29. The van der Waals surface area contributed by atoms with Crippen LogP contribution in [0.1, 0.15) is 22.3 Å². The molecule has 1 aromatic heterocycles. The van der Waals surface area contributed by atoms with Crippen molar-refractivity contribution in [2.75, 3.05) is 27.7 Å². The predicted molar refractivity (Wildman–Crippen MR) is 112 cm³/mol. The van der Waals surface area contributed by atoms with E-state index in [4.69, 9.17) is 9.47 Å². The molecule has 0 saturated carbocycles. The van der Waals surface area contributed by atoms with Crippen LogP contribution in [0.5, 0.6) is 17.2 Å². The first-order valence-electron chi connectivity index (χ1n) is 9.47. The third kappa shape index (κ3) is 3.71. The summed E-state index contributed by atoms with van der Waals surface area (Å²) in [6.45, 7) is 1.85. The highest BCUT2D eigenvalue weighted by Gasteiger charge is 2.28. The Kier molecular flexibility index (Phi) is 5.03. The van der Waals surface area contributed by atoms with Crippen molar-refractivity contribution < 1.29 is 19.4 Å². The Bertz CT molecular complexity index is 1110. The van der Waals surface area contributed by atoms with E-state index >= 15 is 0 Å². The fourth-order valence-corrected chi connectivity index (χ4v) is 3.54. The molecule has 29 heavy (non-hydrogen) atoms. The van der Waals surface area contributed by atoms with E-state index in [2.05, 4.69) is 29.6 Å². The molecule has 6 heteroatoms. The zero-order valence-corrected chi connectivity index (χ0v) is 16.7. The number of aromatic hydroxyl groups is 1. The van der Waals surface area contributed by atoms with E-state index in [1.54, 1.807) is 13.2 Å². The Hall–Kier alpha value is -3.25. The van der Waals surface area contributed by atoms with Crippen molar-refractivity contribution >= 4 is 22.8 Å². The second-order valence-electron chi connectivity index (χ2n) is 7.35. The van der Waals surface area contributed by atoms with E-state index in [-0.39, 0.29) is 17.3 Å². The Morgan fingerprint density at radius 2 is 2.14 bits per heavy atom. The molecule has 4 rings (SSSR count). The number of fused-ring (bicyclic) bond motifs is 2. The van der Waals surface area contributed by atoms with Crippen LogP contribution in [0.15, 0.2) is 42.3 Å². The number of aryl methyl sites for hydroxylation is 1. The van der Waals surface area contributed by atoms with E-state index < -0.39 is 0 Å². The van der Waals surface area contributed by atoms with Gasteiger partial charge >= 0.3 is 0 Å². The molecule has 2 aromatic carbocycles. The van der Waals surface area contributed by atoms with Gasteiger partial charge in [0.15, 0.2) is 5.76 Å². The number of nitrogens with zero attached hydrogens (tertiary/aromatic N) is 2. The third-order valence-corrected chi connectivity index (χ3v) is 4.97. The summed E-state index contributed by atoms with van der Waals surface area (Å²) in [5, 5.41) is 10.6. The molecule has 0 saturated heterocycles. The van der Waals surface area contributed by atoms with Crippen LogP contribution in [0.2, 0.25) is 0 Å². The number of phenolic OH excluding ortho intramolecular Hbond substituents is 1. The van der Waals surface area contributed by atoms with Crippen LogP contribution in [0.25, 0.3) is 17.0 Å². The van der Waals surface area contributed by atoms with E-state index in [0.717, 1.165) is 41.7 Å². The summed E-state index contributed by atoms with van der Waals surface area (Å²) in [5.74, 6) is 1.07. The van der Waals surface area contributed by atoms with Crippen LogP contribution in [-0.4, -0.2) is 48.1 Å². The van der Waals surface area contributed by atoms with Crippen molar-refractivity contribution in [3.05, 3.63) is 59.5 Å². The van der Waals surface area contributed by atoms with Gasteiger partial charge in [-0.2, -0.15) is 0 Å². The van der Waals surface area contributed by atoms with Crippen molar-refractivity contribution in [3.8, 4) is 17.2 Å². The largest absolute Gasteiger partial charge is 0.508 e. The molecule has 1 N–H and O–H groups in total. The zero-order valence-electron chi connectivity index (χ0n) is 16.7. The van der Waals surface area contributed by atoms with Crippen LogP contribution < -0.4 is 9.47 Å². The van der Waals surface area contributed by atoms with Crippen molar-refractivity contribution in [1.29, 1.82) is 0 Å². The summed E-state index contributed by atoms with van der Waals surface area (Å²) in [4.78, 5) is 14.8. The molecule has 0 unspecified atom stereocenters. The van der Waals surface area contributed by atoms with Gasteiger partial charge in [-0.15, -0.1) is 0 Å². The average Bonchev–Trinajstić information content (AvgIpc) is 3.19. The molecule has 0 spiro atoms. The van der Waals surface area contributed by atoms with Gasteiger partial charge in [0, 0.05) is 41.3 Å². The standard InChI is InChI=1S/C23H23N2O4/c1-24(2)9-4-10-25-14-15(19-13-17(28-3)6-8-20(19)25)11-22-23(27)18-7-5-16(26)12-21(18)29-22/h5-6,8,11-14,26H,4,9-10H2,1-3H3/b22-11-. The molecular formula is C23H23N2O4. The van der Waals surface area contributed by atoms with Crippen molar-refractivity contribution in [3.63, 3.8) is 0 Å². The number of carbonyl (C=O) groups is 1. The topological polar surface area (TPSA) is 63.9 Å². The molecule has 0 amide bonds. The molecule has 1 radical (unpaired) electrons. The minimum absolute atomic E-state index is 0.0139. The van der Waals surface area contributed by atoms with Gasteiger partial charge in [0.25, 0.3) is 0 Å². The van der Waals surface area contributed by atoms with Gasteiger partial charge in [-0.05, 0) is 57.4 Å². The van der Waals surface area contributed by atoms with Crippen LogP contribution in [0.4, 0.5) is 0 Å². The minimum Gasteiger partial charge on any atom is -0.508 e. The summed E-state index contributed by atoms with van der Waals surface area (Å²) in [6.07, 6.45) is 4.79. The SMILES string of the molecule is COc1ccc2c(c1)c(/C=C1\Oc3cc(O)c[c]c3C1=O)cn2CCCN(C)C. The number of rotatable bonds is 6. The molecule has 3 aromatic rings. The molecule has 0 atom stereocenters. The summed E-state index contributed by atoms with van der Waals surface area (Å²) in [7, 11) is 5.75. The molecule has 0 aliphatic carbocycles. The maximum Gasteiger partial charge on any atom is 0.232 e. The molecule has 0 fully saturated rings. The number of phenols is 1. The van der Waals surface area contributed by atoms with Crippen LogP contribution in [0, 0.1) is 6.07 Å². The maximum atomic E-state index is 12.7. The fraction of sp³-hybridized carbons (Fsp3) is 0.261. The average molecular weight is 391 g/mol. The highest BCUT2D eigenvalue weighted by Crippen LogP contribution is 2.35. The number of ether oxygens (including phenoxy) is 2. The highest BCUT2D eigenvalue weighted by atomic mass is 16.5. The Morgan fingerprint density at radius 1 is 1.31 bits per heavy atom. The van der Waals surface area contributed by atoms with Gasteiger partial charge in [0.2, 0.25) is 5.78 Å². The number of carbonyl (C=O) groups excluding carboxylic acids is 1. The number of ketones is 1. The van der Waals surface area contributed by atoms with E-state index in [9.17, 15) is 9.90 Å². The number of hydrogen-bond donors (Lipinski definition) is 1. The van der Waals surface area contributed by atoms with E-state index in [1.807, 2.05) is 24.4 Å². The highest BCUT2D eigenvalue weighted by molar-refractivity contribution is 6.15. The van der Waals surface area contributed by atoms with Gasteiger partial charge in [0.05, 0.1) is 12.7 Å². The number of hydrogen-bond acceptors (Lipinski definition) is 5. The zero-order chi connectivity index (χ0) is 20.5. The summed E-state index contributed by atoms with van der Waals surface area (Å²) >= 11 is 0. The van der Waals surface area contributed by atoms with Gasteiger partial charge < -0.3 is 24.0 Å². The monoisotopic (exact) mass is 391 g/mol. The Morgan fingerprint density at radius 3 is 2.90 bits per heavy atom. The number of aromatic nitrogens is 1. The Labute approximate surface area is 169 Å². The van der Waals surface area contributed by atoms with Crippen molar-refractivity contribution in [2.45, 2.75) is 13.0 Å². The molecule has 1 aliphatic rings. The minimum atomic E-state index is -0.239. The fourth-order valence-electron chi connectivity index (χ4n) is 3.54. The molecule has 6 nitrogen and oxygen atoms in total. The van der Waals surface area contributed by atoms with E-state index in [1.165, 1.54) is 12.1 Å². The smallest absolute Gasteiger partial charge is 0.232 e. The number of allylic oxidation sites excluding steroid dienone is 1. The lowest BCUT2D eigenvalue weighted by Crippen LogP contribution is -2.14. The lowest BCUT2D eigenvalue weighted by atomic mass is 10.1. The first-order chi connectivity index (χ1) is 14.0. The second kappa shape index (κ2) is 7.64. The molecule has 149 valence electrons.